The molecule has 1 N–H and O–H groups in total. The van der Waals surface area contributed by atoms with Crippen molar-refractivity contribution >= 4 is 28.5 Å². The molecule has 0 saturated carbocycles. The van der Waals surface area contributed by atoms with Crippen LogP contribution in [-0.2, 0) is 7.05 Å². The second-order valence-electron chi connectivity index (χ2n) is 3.90. The predicted molar refractivity (Wildman–Crippen MR) is 64.4 cm³/mol. The number of fused-ring (bicyclic) bond motifs is 1. The fourth-order valence-corrected chi connectivity index (χ4v) is 2.36. The summed E-state index contributed by atoms with van der Waals surface area (Å²) in [4.78, 5) is 11.0. The van der Waals surface area contributed by atoms with Crippen LogP contribution in [0.4, 0.5) is 0 Å². The number of hydrogen-bond donors (Lipinski definition) is 1. The summed E-state index contributed by atoms with van der Waals surface area (Å²) in [5.74, 6) is -0.993. The number of benzene rings is 1. The first-order valence-corrected chi connectivity index (χ1v) is 5.30. The second kappa shape index (κ2) is 3.52. The maximum absolute atomic E-state index is 11.0. The largest absolute Gasteiger partial charge is 0.478 e. The Morgan fingerprint density at radius 3 is 2.56 bits per heavy atom. The first-order chi connectivity index (χ1) is 7.45. The minimum atomic E-state index is -0.993. The van der Waals surface area contributed by atoms with E-state index in [1.165, 1.54) is 0 Å². The molecule has 0 atom stereocenters. The number of aromatic nitrogens is 1. The van der Waals surface area contributed by atoms with Gasteiger partial charge in [0.05, 0.1) is 10.6 Å². The summed E-state index contributed by atoms with van der Waals surface area (Å²) < 4.78 is 2.02. The molecule has 0 fully saturated rings. The zero-order chi connectivity index (χ0) is 12.0. The normalized spacial score (nSPS) is 11.0. The number of carboxylic acid groups (broad SMARTS) is 1. The molecule has 0 radical (unpaired) electrons. The minimum absolute atomic E-state index is 0.155. The molecule has 1 heterocycles. The summed E-state index contributed by atoms with van der Waals surface area (Å²) in [5, 5.41) is 10.2. The van der Waals surface area contributed by atoms with Crippen molar-refractivity contribution in [2.24, 2.45) is 7.05 Å². The molecule has 1 aromatic carbocycles. The topological polar surface area (TPSA) is 42.2 Å². The molecule has 2 rings (SSSR count). The highest BCUT2D eigenvalue weighted by Crippen LogP contribution is 2.33. The van der Waals surface area contributed by atoms with Crippen LogP contribution >= 0.6 is 11.6 Å². The Kier molecular flexibility index (Phi) is 2.43. The van der Waals surface area contributed by atoms with Gasteiger partial charge in [-0.1, -0.05) is 11.6 Å². The number of aromatic carboxylic acids is 1. The van der Waals surface area contributed by atoms with E-state index in [-0.39, 0.29) is 5.56 Å². The van der Waals surface area contributed by atoms with Crippen molar-refractivity contribution in [3.05, 3.63) is 34.0 Å². The van der Waals surface area contributed by atoms with Gasteiger partial charge in [0, 0.05) is 23.6 Å². The van der Waals surface area contributed by atoms with Crippen LogP contribution in [0, 0.1) is 13.8 Å². The lowest BCUT2D eigenvalue weighted by Crippen LogP contribution is -1.97. The third-order valence-electron chi connectivity index (χ3n) is 3.13. The number of nitrogens with zero attached hydrogens (tertiary/aromatic N) is 1. The zero-order valence-electron chi connectivity index (χ0n) is 9.34. The first kappa shape index (κ1) is 11.0. The standard InChI is InChI=1S/C12H12ClNO2/c1-6-7(2)14(3)9-5-4-8(12(15)16)11(13)10(6)9/h4-5H,1-3H3,(H,15,16). The SMILES string of the molecule is Cc1c(C)n(C)c2ccc(C(=O)O)c(Cl)c12. The van der Waals surface area contributed by atoms with E-state index in [2.05, 4.69) is 0 Å². The Morgan fingerprint density at radius 2 is 2.00 bits per heavy atom. The van der Waals surface area contributed by atoms with Crippen LogP contribution in [0.5, 0.6) is 0 Å². The van der Waals surface area contributed by atoms with Crippen LogP contribution < -0.4 is 0 Å². The number of carboxylic acids is 1. The summed E-state index contributed by atoms with van der Waals surface area (Å²) >= 11 is 6.13. The molecule has 0 saturated heterocycles. The molecule has 2 aromatic rings. The molecule has 0 aliphatic carbocycles. The minimum Gasteiger partial charge on any atom is -0.478 e. The molecule has 0 unspecified atom stereocenters. The molecule has 84 valence electrons. The maximum Gasteiger partial charge on any atom is 0.337 e. The molecule has 4 heteroatoms. The molecule has 3 nitrogen and oxygen atoms in total. The van der Waals surface area contributed by atoms with Gasteiger partial charge < -0.3 is 9.67 Å². The third kappa shape index (κ3) is 1.32. The highest BCUT2D eigenvalue weighted by molar-refractivity contribution is 6.38. The number of rotatable bonds is 1. The molecule has 0 bridgehead atoms. The van der Waals surface area contributed by atoms with Gasteiger partial charge in [0.1, 0.15) is 0 Å². The Balaban J connectivity index is 2.95. The van der Waals surface area contributed by atoms with Crippen molar-refractivity contribution in [2.75, 3.05) is 0 Å². The summed E-state index contributed by atoms with van der Waals surface area (Å²) in [6.45, 7) is 3.95. The van der Waals surface area contributed by atoms with Crippen LogP contribution in [0.25, 0.3) is 10.9 Å². The highest BCUT2D eigenvalue weighted by atomic mass is 35.5. The fraction of sp³-hybridized carbons (Fsp3) is 0.250. The van der Waals surface area contributed by atoms with Gasteiger partial charge in [-0.15, -0.1) is 0 Å². The smallest absolute Gasteiger partial charge is 0.337 e. The van der Waals surface area contributed by atoms with Gasteiger partial charge in [0.25, 0.3) is 0 Å². The lowest BCUT2D eigenvalue weighted by atomic mass is 10.1. The van der Waals surface area contributed by atoms with Gasteiger partial charge in [-0.05, 0) is 31.5 Å². The van der Waals surface area contributed by atoms with Crippen LogP contribution in [0.2, 0.25) is 5.02 Å². The van der Waals surface area contributed by atoms with Crippen molar-refractivity contribution < 1.29 is 9.90 Å². The Labute approximate surface area is 98.3 Å². The molecular weight excluding hydrogens is 226 g/mol. The lowest BCUT2D eigenvalue weighted by Gasteiger charge is -2.02. The average Bonchev–Trinajstić information content (AvgIpc) is 2.44. The summed E-state index contributed by atoms with van der Waals surface area (Å²) in [6, 6.07) is 3.34. The Morgan fingerprint density at radius 1 is 1.38 bits per heavy atom. The Bertz CT molecular complexity index is 599. The van der Waals surface area contributed by atoms with E-state index < -0.39 is 5.97 Å². The maximum atomic E-state index is 11.0. The van der Waals surface area contributed by atoms with E-state index in [9.17, 15) is 4.79 Å². The first-order valence-electron chi connectivity index (χ1n) is 4.92. The van der Waals surface area contributed by atoms with E-state index in [1.807, 2.05) is 25.5 Å². The van der Waals surface area contributed by atoms with Crippen molar-refractivity contribution in [3.8, 4) is 0 Å². The van der Waals surface area contributed by atoms with E-state index in [1.54, 1.807) is 12.1 Å². The second-order valence-corrected chi connectivity index (χ2v) is 4.27. The summed E-state index contributed by atoms with van der Waals surface area (Å²) in [7, 11) is 1.95. The number of carbonyl (C=O) groups is 1. The monoisotopic (exact) mass is 237 g/mol. The Hall–Kier alpha value is -1.48. The van der Waals surface area contributed by atoms with Crippen molar-refractivity contribution in [2.45, 2.75) is 13.8 Å². The molecule has 0 amide bonds. The zero-order valence-corrected chi connectivity index (χ0v) is 10.1. The van der Waals surface area contributed by atoms with Gasteiger partial charge in [0.15, 0.2) is 0 Å². The molecular formula is C12H12ClNO2. The molecule has 16 heavy (non-hydrogen) atoms. The molecule has 1 aromatic heterocycles. The molecule has 0 aliphatic heterocycles. The van der Waals surface area contributed by atoms with Crippen LogP contribution in [0.3, 0.4) is 0 Å². The van der Waals surface area contributed by atoms with E-state index in [0.717, 1.165) is 22.2 Å². The van der Waals surface area contributed by atoms with E-state index in [4.69, 9.17) is 16.7 Å². The molecule has 0 aliphatic rings. The molecule has 0 spiro atoms. The summed E-state index contributed by atoms with van der Waals surface area (Å²) in [6.07, 6.45) is 0. The van der Waals surface area contributed by atoms with Crippen molar-refractivity contribution in [3.63, 3.8) is 0 Å². The summed E-state index contributed by atoms with van der Waals surface area (Å²) in [5.41, 5.74) is 3.25. The van der Waals surface area contributed by atoms with Gasteiger partial charge in [0.2, 0.25) is 0 Å². The van der Waals surface area contributed by atoms with Gasteiger partial charge in [-0.3, -0.25) is 0 Å². The van der Waals surface area contributed by atoms with Crippen molar-refractivity contribution in [1.29, 1.82) is 0 Å². The van der Waals surface area contributed by atoms with Gasteiger partial charge in [-0.25, -0.2) is 4.79 Å². The lowest BCUT2D eigenvalue weighted by molar-refractivity contribution is 0.0697. The van der Waals surface area contributed by atoms with E-state index in [0.29, 0.717) is 5.02 Å². The van der Waals surface area contributed by atoms with Gasteiger partial charge >= 0.3 is 5.97 Å². The van der Waals surface area contributed by atoms with Gasteiger partial charge in [-0.2, -0.15) is 0 Å². The van der Waals surface area contributed by atoms with Crippen molar-refractivity contribution in [1.82, 2.24) is 4.57 Å². The quantitative estimate of drug-likeness (QED) is 0.828. The number of aryl methyl sites for hydroxylation is 2. The van der Waals surface area contributed by atoms with Crippen LogP contribution in [0.15, 0.2) is 12.1 Å². The predicted octanol–water partition coefficient (Wildman–Crippen LogP) is 3.15. The highest BCUT2D eigenvalue weighted by Gasteiger charge is 2.17. The third-order valence-corrected chi connectivity index (χ3v) is 3.53. The average molecular weight is 238 g/mol. The fourth-order valence-electron chi connectivity index (χ4n) is 1.98. The number of halogens is 1. The van der Waals surface area contributed by atoms with Crippen LogP contribution in [-0.4, -0.2) is 15.6 Å². The van der Waals surface area contributed by atoms with E-state index >= 15 is 0 Å². The number of hydrogen-bond acceptors (Lipinski definition) is 1. The van der Waals surface area contributed by atoms with Crippen LogP contribution in [0.1, 0.15) is 21.6 Å².